The van der Waals surface area contributed by atoms with Gasteiger partial charge in [0.15, 0.2) is 0 Å². The maximum absolute atomic E-state index is 5.60. The first-order valence-electron chi connectivity index (χ1n) is 3.54. The summed E-state index contributed by atoms with van der Waals surface area (Å²) in [5.74, 6) is 0.572. The van der Waals surface area contributed by atoms with E-state index in [1.54, 1.807) is 12.4 Å². The fourth-order valence-corrected chi connectivity index (χ4v) is 0.731. The van der Waals surface area contributed by atoms with E-state index < -0.39 is 0 Å². The Balaban J connectivity index is 2.53. The fraction of sp³-hybridized carbons (Fsp3) is 0.250. The molecular formula is C8H10ClN3. The van der Waals surface area contributed by atoms with Gasteiger partial charge in [-0.2, -0.15) is 0 Å². The predicted molar refractivity (Wildman–Crippen MR) is 50.3 cm³/mol. The summed E-state index contributed by atoms with van der Waals surface area (Å²) in [4.78, 5) is 7.91. The van der Waals surface area contributed by atoms with Gasteiger partial charge in [-0.05, 0) is 6.92 Å². The first kappa shape index (κ1) is 9.00. The molecule has 4 heteroatoms. The van der Waals surface area contributed by atoms with Crippen LogP contribution in [0.3, 0.4) is 0 Å². The zero-order chi connectivity index (χ0) is 8.97. The number of anilines is 1. The summed E-state index contributed by atoms with van der Waals surface area (Å²) in [5, 5.41) is 3.53. The monoisotopic (exact) mass is 183 g/mol. The first-order valence-corrected chi connectivity index (χ1v) is 3.92. The number of hydrogen-bond acceptors (Lipinski definition) is 3. The van der Waals surface area contributed by atoms with E-state index in [1.807, 2.05) is 6.92 Å². The summed E-state index contributed by atoms with van der Waals surface area (Å²) < 4.78 is 0. The van der Waals surface area contributed by atoms with Crippen LogP contribution in [0.1, 0.15) is 6.92 Å². The lowest BCUT2D eigenvalue weighted by Gasteiger charge is -2.02. The second kappa shape index (κ2) is 4.07. The summed E-state index contributed by atoms with van der Waals surface area (Å²) in [6.45, 7) is 6.36. The summed E-state index contributed by atoms with van der Waals surface area (Å²) in [5.41, 5.74) is 1.04. The van der Waals surface area contributed by atoms with Crippen molar-refractivity contribution >= 4 is 17.5 Å². The molecule has 1 rings (SSSR count). The molecule has 0 radical (unpaired) electrons. The van der Waals surface area contributed by atoms with E-state index >= 15 is 0 Å². The molecule has 0 fully saturated rings. The van der Waals surface area contributed by atoms with Gasteiger partial charge < -0.3 is 5.32 Å². The molecule has 0 amide bonds. The lowest BCUT2D eigenvalue weighted by molar-refractivity contribution is 1.09. The molecule has 1 aromatic heterocycles. The van der Waals surface area contributed by atoms with Crippen LogP contribution in [0.5, 0.6) is 0 Å². The minimum absolute atomic E-state index is 0.538. The van der Waals surface area contributed by atoms with Crippen molar-refractivity contribution in [1.29, 1.82) is 0 Å². The smallest absolute Gasteiger partial charge is 0.222 e. The molecule has 0 saturated carbocycles. The van der Waals surface area contributed by atoms with Crippen LogP contribution in [0.2, 0.25) is 5.02 Å². The van der Waals surface area contributed by atoms with Crippen LogP contribution < -0.4 is 5.32 Å². The molecule has 0 bridgehead atoms. The highest BCUT2D eigenvalue weighted by molar-refractivity contribution is 6.30. The van der Waals surface area contributed by atoms with Crippen molar-refractivity contribution in [1.82, 2.24) is 9.97 Å². The predicted octanol–water partition coefficient (Wildman–Crippen LogP) is 2.12. The summed E-state index contributed by atoms with van der Waals surface area (Å²) in [7, 11) is 0. The molecule has 1 heterocycles. The molecule has 1 N–H and O–H groups in total. The molecule has 0 saturated heterocycles. The number of aromatic nitrogens is 2. The van der Waals surface area contributed by atoms with Crippen LogP contribution in [0.15, 0.2) is 24.5 Å². The first-order chi connectivity index (χ1) is 5.68. The maximum atomic E-state index is 5.60. The standard InChI is InChI=1S/C8H10ClN3/c1-6(2)3-10-8-11-4-7(9)5-12-8/h4-5H,1,3H2,2H3,(H,10,11,12). The number of rotatable bonds is 3. The van der Waals surface area contributed by atoms with E-state index in [0.717, 1.165) is 5.57 Å². The SMILES string of the molecule is C=C(C)CNc1ncc(Cl)cn1. The molecule has 1 aromatic rings. The lowest BCUT2D eigenvalue weighted by atomic mass is 10.3. The highest BCUT2D eigenvalue weighted by Gasteiger charge is 1.93. The molecule has 0 atom stereocenters. The van der Waals surface area contributed by atoms with E-state index in [9.17, 15) is 0 Å². The Hall–Kier alpha value is -1.09. The van der Waals surface area contributed by atoms with E-state index in [-0.39, 0.29) is 0 Å². The Morgan fingerprint density at radius 1 is 1.58 bits per heavy atom. The Morgan fingerprint density at radius 2 is 2.17 bits per heavy atom. The van der Waals surface area contributed by atoms with Crippen molar-refractivity contribution in [2.24, 2.45) is 0 Å². The lowest BCUT2D eigenvalue weighted by Crippen LogP contribution is -2.04. The van der Waals surface area contributed by atoms with Gasteiger partial charge in [-0.3, -0.25) is 0 Å². The topological polar surface area (TPSA) is 37.8 Å². The number of nitrogens with zero attached hydrogens (tertiary/aromatic N) is 2. The van der Waals surface area contributed by atoms with Crippen molar-refractivity contribution in [3.05, 3.63) is 29.6 Å². The second-order valence-electron chi connectivity index (χ2n) is 2.54. The highest BCUT2D eigenvalue weighted by Crippen LogP contribution is 2.05. The van der Waals surface area contributed by atoms with Gasteiger partial charge in [0.2, 0.25) is 5.95 Å². The van der Waals surface area contributed by atoms with Gasteiger partial charge in [0.25, 0.3) is 0 Å². The second-order valence-corrected chi connectivity index (χ2v) is 2.97. The van der Waals surface area contributed by atoms with Gasteiger partial charge >= 0.3 is 0 Å². The van der Waals surface area contributed by atoms with Gasteiger partial charge in [0, 0.05) is 6.54 Å². The number of nitrogens with one attached hydrogen (secondary N) is 1. The number of halogens is 1. The van der Waals surface area contributed by atoms with Crippen molar-refractivity contribution in [2.45, 2.75) is 6.92 Å². The van der Waals surface area contributed by atoms with Crippen LogP contribution >= 0.6 is 11.6 Å². The average Bonchev–Trinajstić information content (AvgIpc) is 2.03. The molecule has 3 nitrogen and oxygen atoms in total. The Kier molecular flexibility index (Phi) is 3.05. The van der Waals surface area contributed by atoms with Gasteiger partial charge in [0.1, 0.15) is 0 Å². The zero-order valence-corrected chi connectivity index (χ0v) is 7.60. The average molecular weight is 184 g/mol. The van der Waals surface area contributed by atoms with Crippen molar-refractivity contribution in [2.75, 3.05) is 11.9 Å². The summed E-state index contributed by atoms with van der Waals surface area (Å²) in [6, 6.07) is 0. The molecule has 12 heavy (non-hydrogen) atoms. The normalized spacial score (nSPS) is 9.50. The minimum Gasteiger partial charge on any atom is -0.351 e. The molecule has 0 aliphatic heterocycles. The fourth-order valence-electron chi connectivity index (χ4n) is 0.634. The van der Waals surface area contributed by atoms with Crippen LogP contribution in [0, 0.1) is 0 Å². The largest absolute Gasteiger partial charge is 0.351 e. The summed E-state index contributed by atoms with van der Waals surface area (Å²) in [6.07, 6.45) is 3.10. The maximum Gasteiger partial charge on any atom is 0.222 e. The quantitative estimate of drug-likeness (QED) is 0.730. The minimum atomic E-state index is 0.538. The van der Waals surface area contributed by atoms with Gasteiger partial charge in [-0.15, -0.1) is 0 Å². The van der Waals surface area contributed by atoms with Crippen LogP contribution in [0.4, 0.5) is 5.95 Å². The highest BCUT2D eigenvalue weighted by atomic mass is 35.5. The number of hydrogen-bond donors (Lipinski definition) is 1. The van der Waals surface area contributed by atoms with Gasteiger partial charge in [-0.25, -0.2) is 9.97 Å². The van der Waals surface area contributed by atoms with E-state index in [0.29, 0.717) is 17.5 Å². The zero-order valence-electron chi connectivity index (χ0n) is 6.84. The van der Waals surface area contributed by atoms with Gasteiger partial charge in [-0.1, -0.05) is 23.8 Å². The molecular weight excluding hydrogens is 174 g/mol. The molecule has 0 aromatic carbocycles. The van der Waals surface area contributed by atoms with Crippen molar-refractivity contribution < 1.29 is 0 Å². The van der Waals surface area contributed by atoms with Crippen LogP contribution in [-0.2, 0) is 0 Å². The Labute approximate surface area is 76.5 Å². The summed E-state index contributed by atoms with van der Waals surface area (Å²) >= 11 is 5.60. The Bertz CT molecular complexity index is 268. The van der Waals surface area contributed by atoms with E-state index in [1.165, 1.54) is 0 Å². The van der Waals surface area contributed by atoms with E-state index in [4.69, 9.17) is 11.6 Å². The third-order valence-corrected chi connectivity index (χ3v) is 1.36. The van der Waals surface area contributed by atoms with Crippen molar-refractivity contribution in [3.63, 3.8) is 0 Å². The van der Waals surface area contributed by atoms with Gasteiger partial charge in [0.05, 0.1) is 17.4 Å². The Morgan fingerprint density at radius 3 is 2.67 bits per heavy atom. The third kappa shape index (κ3) is 2.88. The molecule has 0 aliphatic rings. The van der Waals surface area contributed by atoms with Crippen molar-refractivity contribution in [3.8, 4) is 0 Å². The molecule has 0 unspecified atom stereocenters. The van der Waals surface area contributed by atoms with Crippen LogP contribution in [-0.4, -0.2) is 16.5 Å². The molecule has 64 valence electrons. The molecule has 0 spiro atoms. The van der Waals surface area contributed by atoms with E-state index in [2.05, 4.69) is 21.9 Å². The van der Waals surface area contributed by atoms with Crippen LogP contribution in [0.25, 0.3) is 0 Å². The molecule has 0 aliphatic carbocycles. The third-order valence-electron chi connectivity index (χ3n) is 1.17.